The van der Waals surface area contributed by atoms with Crippen molar-refractivity contribution in [2.45, 2.75) is 50.2 Å². The third kappa shape index (κ3) is 4.86. The van der Waals surface area contributed by atoms with Gasteiger partial charge in [0.05, 0.1) is 13.0 Å². The number of ether oxygens (including phenoxy) is 1. The molecule has 0 aromatic heterocycles. The number of nitrogens with two attached hydrogens (primary N) is 1. The lowest BCUT2D eigenvalue weighted by atomic mass is 9.98. The van der Waals surface area contributed by atoms with Crippen molar-refractivity contribution < 1.29 is 14.3 Å². The monoisotopic (exact) mass is 367 g/mol. The Balaban J connectivity index is 0.00000225. The van der Waals surface area contributed by atoms with Gasteiger partial charge in [0.15, 0.2) is 0 Å². The summed E-state index contributed by atoms with van der Waals surface area (Å²) in [5, 5.41) is 3.60. The number of primary amides is 1. The van der Waals surface area contributed by atoms with Crippen molar-refractivity contribution in [3.8, 4) is 5.75 Å². The van der Waals surface area contributed by atoms with E-state index in [0.29, 0.717) is 42.5 Å². The van der Waals surface area contributed by atoms with Gasteiger partial charge in [-0.25, -0.2) is 0 Å². The highest BCUT2D eigenvalue weighted by molar-refractivity contribution is 5.92. The van der Waals surface area contributed by atoms with Crippen LogP contribution in [0, 0.1) is 0 Å². The Hall–Kier alpha value is -1.79. The molecule has 2 atom stereocenters. The largest absolute Gasteiger partial charge is 0.493 e. The Labute approximate surface area is 154 Å². The van der Waals surface area contributed by atoms with Gasteiger partial charge in [-0.3, -0.25) is 9.59 Å². The summed E-state index contributed by atoms with van der Waals surface area (Å²) in [6.07, 6.45) is 4.91. The van der Waals surface area contributed by atoms with E-state index >= 15 is 0 Å². The topological polar surface area (TPSA) is 84.7 Å². The number of hydrogen-bond acceptors (Lipinski definition) is 4. The molecule has 2 unspecified atom stereocenters. The molecule has 2 bridgehead atoms. The Morgan fingerprint density at radius 2 is 1.80 bits per heavy atom. The molecule has 2 saturated heterocycles. The second-order valence-electron chi connectivity index (χ2n) is 6.75. The van der Waals surface area contributed by atoms with Crippen LogP contribution in [-0.4, -0.2) is 48.5 Å². The third-order valence-corrected chi connectivity index (χ3v) is 5.11. The van der Waals surface area contributed by atoms with Gasteiger partial charge < -0.3 is 20.7 Å². The molecule has 2 heterocycles. The molecule has 1 aromatic carbocycles. The third-order valence-electron chi connectivity index (χ3n) is 5.11. The van der Waals surface area contributed by atoms with Gasteiger partial charge in [0.25, 0.3) is 0 Å². The van der Waals surface area contributed by atoms with E-state index in [1.807, 2.05) is 11.9 Å². The van der Waals surface area contributed by atoms with Crippen molar-refractivity contribution >= 4 is 24.2 Å². The van der Waals surface area contributed by atoms with Crippen molar-refractivity contribution in [3.63, 3.8) is 0 Å². The first kappa shape index (κ1) is 19.5. The van der Waals surface area contributed by atoms with Crippen LogP contribution in [0.25, 0.3) is 0 Å². The van der Waals surface area contributed by atoms with E-state index in [1.165, 1.54) is 12.8 Å². The van der Waals surface area contributed by atoms with Crippen LogP contribution >= 0.6 is 12.4 Å². The predicted molar refractivity (Wildman–Crippen MR) is 98.1 cm³/mol. The number of nitrogens with one attached hydrogen (secondary N) is 1. The lowest BCUT2D eigenvalue weighted by Gasteiger charge is -2.35. The number of hydrogen-bond donors (Lipinski definition) is 2. The van der Waals surface area contributed by atoms with E-state index in [9.17, 15) is 9.59 Å². The van der Waals surface area contributed by atoms with Crippen LogP contribution in [0.2, 0.25) is 0 Å². The SMILES string of the molecule is CN(C(=O)CCOc1ccc(C(N)=O)cc1)C1CC2CCC(C1)N2.Cl. The molecule has 2 fully saturated rings. The van der Waals surface area contributed by atoms with E-state index in [-0.39, 0.29) is 18.3 Å². The van der Waals surface area contributed by atoms with E-state index < -0.39 is 5.91 Å². The lowest BCUT2D eigenvalue weighted by Crippen LogP contribution is -2.48. The summed E-state index contributed by atoms with van der Waals surface area (Å²) >= 11 is 0. The average molecular weight is 368 g/mol. The number of halogens is 1. The first-order valence-electron chi connectivity index (χ1n) is 8.57. The van der Waals surface area contributed by atoms with Crippen molar-refractivity contribution in [3.05, 3.63) is 29.8 Å². The van der Waals surface area contributed by atoms with Crippen LogP contribution in [-0.2, 0) is 4.79 Å². The first-order valence-corrected chi connectivity index (χ1v) is 8.57. The quantitative estimate of drug-likeness (QED) is 0.801. The number of amides is 2. The Kier molecular flexibility index (Phi) is 6.67. The number of carbonyl (C=O) groups excluding carboxylic acids is 2. The van der Waals surface area contributed by atoms with E-state index in [2.05, 4.69) is 5.32 Å². The molecule has 2 aliphatic rings. The maximum Gasteiger partial charge on any atom is 0.248 e. The number of benzene rings is 1. The van der Waals surface area contributed by atoms with Gasteiger partial charge in [-0.05, 0) is 49.9 Å². The lowest BCUT2D eigenvalue weighted by molar-refractivity contribution is -0.133. The zero-order valence-corrected chi connectivity index (χ0v) is 15.3. The van der Waals surface area contributed by atoms with E-state index in [1.54, 1.807) is 24.3 Å². The smallest absolute Gasteiger partial charge is 0.248 e. The maximum absolute atomic E-state index is 12.4. The molecule has 3 rings (SSSR count). The van der Waals surface area contributed by atoms with Crippen molar-refractivity contribution in [1.82, 2.24) is 10.2 Å². The Morgan fingerprint density at radius 3 is 2.36 bits per heavy atom. The number of nitrogens with zero attached hydrogens (tertiary/aromatic N) is 1. The molecule has 2 amide bonds. The Bertz CT molecular complexity index is 596. The van der Waals surface area contributed by atoms with Gasteiger partial charge in [0.1, 0.15) is 5.75 Å². The summed E-state index contributed by atoms with van der Waals surface area (Å²) in [6.45, 7) is 0.330. The van der Waals surface area contributed by atoms with Gasteiger partial charge in [-0.15, -0.1) is 12.4 Å². The molecule has 0 saturated carbocycles. The average Bonchev–Trinajstić information content (AvgIpc) is 2.92. The fraction of sp³-hybridized carbons (Fsp3) is 0.556. The molecule has 3 N–H and O–H groups in total. The van der Waals surface area contributed by atoms with Crippen molar-refractivity contribution in [1.29, 1.82) is 0 Å². The van der Waals surface area contributed by atoms with Crippen molar-refractivity contribution in [2.24, 2.45) is 5.73 Å². The van der Waals surface area contributed by atoms with Crippen LogP contribution in [0.5, 0.6) is 5.75 Å². The fourth-order valence-corrected chi connectivity index (χ4v) is 3.70. The van der Waals surface area contributed by atoms with Crippen LogP contribution in [0.1, 0.15) is 42.5 Å². The van der Waals surface area contributed by atoms with Crippen molar-refractivity contribution in [2.75, 3.05) is 13.7 Å². The zero-order valence-electron chi connectivity index (χ0n) is 14.4. The van der Waals surface area contributed by atoms with E-state index in [0.717, 1.165) is 12.8 Å². The van der Waals surface area contributed by atoms with Gasteiger partial charge in [-0.1, -0.05) is 0 Å². The summed E-state index contributed by atoms with van der Waals surface area (Å²) < 4.78 is 5.59. The molecule has 0 aliphatic carbocycles. The molecule has 7 heteroatoms. The zero-order chi connectivity index (χ0) is 17.1. The summed E-state index contributed by atoms with van der Waals surface area (Å²) in [6, 6.07) is 8.11. The number of fused-ring (bicyclic) bond motifs is 2. The molecule has 25 heavy (non-hydrogen) atoms. The molecular formula is C18H26ClN3O3. The molecular weight excluding hydrogens is 342 g/mol. The van der Waals surface area contributed by atoms with Crippen LogP contribution < -0.4 is 15.8 Å². The van der Waals surface area contributed by atoms with Gasteiger partial charge in [0.2, 0.25) is 11.8 Å². The number of carbonyl (C=O) groups is 2. The maximum atomic E-state index is 12.4. The van der Waals surface area contributed by atoms with E-state index in [4.69, 9.17) is 10.5 Å². The summed E-state index contributed by atoms with van der Waals surface area (Å²) in [7, 11) is 1.90. The second-order valence-corrected chi connectivity index (χ2v) is 6.75. The Morgan fingerprint density at radius 1 is 1.20 bits per heavy atom. The van der Waals surface area contributed by atoms with Gasteiger partial charge >= 0.3 is 0 Å². The molecule has 1 aromatic rings. The molecule has 2 aliphatic heterocycles. The number of rotatable bonds is 6. The van der Waals surface area contributed by atoms with Crippen LogP contribution in [0.3, 0.4) is 0 Å². The predicted octanol–water partition coefficient (Wildman–Crippen LogP) is 1.72. The van der Waals surface area contributed by atoms with Crippen LogP contribution in [0.4, 0.5) is 0 Å². The normalized spacial score (nSPS) is 24.3. The summed E-state index contributed by atoms with van der Waals surface area (Å²) in [5.74, 6) is 0.291. The minimum Gasteiger partial charge on any atom is -0.493 e. The standard InChI is InChI=1S/C18H25N3O3.ClH/c1-21(15-10-13-4-5-14(11-15)20-13)17(22)8-9-24-16-6-2-12(3-7-16)18(19)23;/h2-3,6-7,13-15,20H,4-5,8-11H2,1H3,(H2,19,23);1H. The fourth-order valence-electron chi connectivity index (χ4n) is 3.70. The summed E-state index contributed by atoms with van der Waals surface area (Å²) in [5.41, 5.74) is 5.64. The van der Waals surface area contributed by atoms with Crippen LogP contribution in [0.15, 0.2) is 24.3 Å². The van der Waals surface area contributed by atoms with Gasteiger partial charge in [-0.2, -0.15) is 0 Å². The molecule has 0 radical (unpaired) electrons. The minimum absolute atomic E-state index is 0. The second kappa shape index (κ2) is 8.54. The molecule has 6 nitrogen and oxygen atoms in total. The highest BCUT2D eigenvalue weighted by Crippen LogP contribution is 2.29. The highest BCUT2D eigenvalue weighted by atomic mass is 35.5. The first-order chi connectivity index (χ1) is 11.5. The van der Waals surface area contributed by atoms with Gasteiger partial charge in [0, 0.05) is 30.7 Å². The molecule has 138 valence electrons. The minimum atomic E-state index is -0.464. The molecule has 0 spiro atoms. The number of piperidine rings is 1. The highest BCUT2D eigenvalue weighted by Gasteiger charge is 2.36. The summed E-state index contributed by atoms with van der Waals surface area (Å²) in [4.78, 5) is 25.3.